The summed E-state index contributed by atoms with van der Waals surface area (Å²) in [5.74, 6) is 1.29. The minimum atomic E-state index is -0.190. The molecule has 116 valence electrons. The van der Waals surface area contributed by atoms with E-state index in [1.54, 1.807) is 0 Å². The standard InChI is InChI=1S/C18H22N2O2/c1-13-6-5-8-16(10-13)22-17-9-4-3-7-15(17)12-20-18(21)14(2)11-19/h3-10,14H,11-12,19H2,1-2H3,(H,20,21). The Hall–Kier alpha value is -2.33. The number of benzene rings is 2. The van der Waals surface area contributed by atoms with Gasteiger partial charge in [-0.25, -0.2) is 0 Å². The van der Waals surface area contributed by atoms with Gasteiger partial charge in [-0.1, -0.05) is 37.3 Å². The van der Waals surface area contributed by atoms with Crippen LogP contribution in [0.4, 0.5) is 0 Å². The van der Waals surface area contributed by atoms with E-state index >= 15 is 0 Å². The van der Waals surface area contributed by atoms with Gasteiger partial charge in [-0.05, 0) is 30.7 Å². The molecular formula is C18H22N2O2. The highest BCUT2D eigenvalue weighted by Gasteiger charge is 2.11. The molecule has 0 fully saturated rings. The second-order valence-electron chi connectivity index (χ2n) is 5.38. The summed E-state index contributed by atoms with van der Waals surface area (Å²) in [6.07, 6.45) is 0. The normalized spacial score (nSPS) is 11.8. The van der Waals surface area contributed by atoms with Crippen molar-refractivity contribution in [3.05, 3.63) is 59.7 Å². The van der Waals surface area contributed by atoms with Crippen LogP contribution in [-0.4, -0.2) is 12.5 Å². The molecule has 1 amide bonds. The first-order valence-corrected chi connectivity index (χ1v) is 7.40. The summed E-state index contributed by atoms with van der Waals surface area (Å²) in [6, 6.07) is 15.6. The van der Waals surface area contributed by atoms with E-state index in [0.29, 0.717) is 13.1 Å². The van der Waals surface area contributed by atoms with Gasteiger partial charge in [0.25, 0.3) is 0 Å². The lowest BCUT2D eigenvalue weighted by Gasteiger charge is -2.14. The molecule has 0 heterocycles. The topological polar surface area (TPSA) is 64.3 Å². The smallest absolute Gasteiger partial charge is 0.224 e. The van der Waals surface area contributed by atoms with Gasteiger partial charge in [0, 0.05) is 24.6 Å². The molecule has 0 aromatic heterocycles. The maximum atomic E-state index is 11.8. The third kappa shape index (κ3) is 4.33. The highest BCUT2D eigenvalue weighted by Crippen LogP contribution is 2.25. The molecule has 4 heteroatoms. The van der Waals surface area contributed by atoms with Crippen molar-refractivity contribution in [1.82, 2.24) is 5.32 Å². The van der Waals surface area contributed by atoms with E-state index in [2.05, 4.69) is 5.32 Å². The number of nitrogens with one attached hydrogen (secondary N) is 1. The van der Waals surface area contributed by atoms with Gasteiger partial charge in [-0.2, -0.15) is 0 Å². The summed E-state index contributed by atoms with van der Waals surface area (Å²) >= 11 is 0. The Morgan fingerprint density at radius 3 is 2.73 bits per heavy atom. The summed E-state index contributed by atoms with van der Waals surface area (Å²) in [7, 11) is 0. The van der Waals surface area contributed by atoms with E-state index in [9.17, 15) is 4.79 Å². The molecule has 0 bridgehead atoms. The monoisotopic (exact) mass is 298 g/mol. The highest BCUT2D eigenvalue weighted by atomic mass is 16.5. The Kier molecular flexibility index (Phi) is 5.55. The fourth-order valence-electron chi connectivity index (χ4n) is 2.02. The molecule has 3 N–H and O–H groups in total. The third-order valence-electron chi connectivity index (χ3n) is 3.44. The van der Waals surface area contributed by atoms with E-state index in [0.717, 1.165) is 22.6 Å². The van der Waals surface area contributed by atoms with Crippen molar-refractivity contribution in [2.45, 2.75) is 20.4 Å². The zero-order valence-electron chi connectivity index (χ0n) is 13.0. The fraction of sp³-hybridized carbons (Fsp3) is 0.278. The van der Waals surface area contributed by atoms with Gasteiger partial charge in [-0.3, -0.25) is 4.79 Å². The third-order valence-corrected chi connectivity index (χ3v) is 3.44. The van der Waals surface area contributed by atoms with Gasteiger partial charge in [0.15, 0.2) is 0 Å². The summed E-state index contributed by atoms with van der Waals surface area (Å²) in [5, 5.41) is 2.89. The number of amides is 1. The molecular weight excluding hydrogens is 276 g/mol. The van der Waals surface area contributed by atoms with Crippen LogP contribution in [0.25, 0.3) is 0 Å². The predicted octanol–water partition coefficient (Wildman–Crippen LogP) is 3.00. The predicted molar refractivity (Wildman–Crippen MR) is 87.8 cm³/mol. The molecule has 1 unspecified atom stereocenters. The zero-order chi connectivity index (χ0) is 15.9. The van der Waals surface area contributed by atoms with Gasteiger partial charge >= 0.3 is 0 Å². The van der Waals surface area contributed by atoms with Gasteiger partial charge in [-0.15, -0.1) is 0 Å². The number of hydrogen-bond donors (Lipinski definition) is 2. The molecule has 2 aromatic rings. The Balaban J connectivity index is 2.08. The van der Waals surface area contributed by atoms with Crippen LogP contribution in [-0.2, 0) is 11.3 Å². The molecule has 0 aliphatic rings. The van der Waals surface area contributed by atoms with E-state index in [1.807, 2.05) is 62.4 Å². The lowest BCUT2D eigenvalue weighted by molar-refractivity contribution is -0.124. The molecule has 0 aliphatic carbocycles. The number of carbonyl (C=O) groups is 1. The Morgan fingerprint density at radius 1 is 1.23 bits per heavy atom. The first-order chi connectivity index (χ1) is 10.6. The van der Waals surface area contributed by atoms with Crippen LogP contribution in [0.5, 0.6) is 11.5 Å². The zero-order valence-corrected chi connectivity index (χ0v) is 13.0. The summed E-state index contributed by atoms with van der Waals surface area (Å²) in [6.45, 7) is 4.59. The molecule has 0 aliphatic heterocycles. The molecule has 0 saturated heterocycles. The molecule has 0 saturated carbocycles. The SMILES string of the molecule is Cc1cccc(Oc2ccccc2CNC(=O)C(C)CN)c1. The van der Waals surface area contributed by atoms with Gasteiger partial charge < -0.3 is 15.8 Å². The van der Waals surface area contributed by atoms with Crippen molar-refractivity contribution in [3.8, 4) is 11.5 Å². The summed E-state index contributed by atoms with van der Waals surface area (Å²) in [5.41, 5.74) is 7.57. The second kappa shape index (κ2) is 7.61. The quantitative estimate of drug-likeness (QED) is 0.861. The van der Waals surface area contributed by atoms with Crippen LogP contribution in [0.15, 0.2) is 48.5 Å². The molecule has 0 radical (unpaired) electrons. The largest absolute Gasteiger partial charge is 0.457 e. The lowest BCUT2D eigenvalue weighted by Crippen LogP contribution is -2.32. The van der Waals surface area contributed by atoms with Crippen LogP contribution < -0.4 is 15.8 Å². The molecule has 4 nitrogen and oxygen atoms in total. The van der Waals surface area contributed by atoms with Crippen molar-refractivity contribution in [3.63, 3.8) is 0 Å². The first kappa shape index (κ1) is 16.0. The molecule has 2 aromatic carbocycles. The summed E-state index contributed by atoms with van der Waals surface area (Å²) in [4.78, 5) is 11.8. The number of hydrogen-bond acceptors (Lipinski definition) is 3. The average Bonchev–Trinajstić information content (AvgIpc) is 2.53. The molecule has 22 heavy (non-hydrogen) atoms. The van der Waals surface area contributed by atoms with Crippen molar-refractivity contribution in [2.24, 2.45) is 11.7 Å². The van der Waals surface area contributed by atoms with Gasteiger partial charge in [0.05, 0.1) is 0 Å². The number of para-hydroxylation sites is 1. The van der Waals surface area contributed by atoms with Crippen molar-refractivity contribution < 1.29 is 9.53 Å². The number of carbonyl (C=O) groups excluding carboxylic acids is 1. The van der Waals surface area contributed by atoms with Gasteiger partial charge in [0.1, 0.15) is 11.5 Å². The number of nitrogens with two attached hydrogens (primary N) is 1. The minimum Gasteiger partial charge on any atom is -0.457 e. The van der Waals surface area contributed by atoms with E-state index in [4.69, 9.17) is 10.5 Å². The molecule has 2 rings (SSSR count). The Labute approximate surface area is 131 Å². The number of rotatable bonds is 6. The maximum Gasteiger partial charge on any atom is 0.224 e. The Morgan fingerprint density at radius 2 is 2.00 bits per heavy atom. The van der Waals surface area contributed by atoms with Crippen LogP contribution in [0.3, 0.4) is 0 Å². The highest BCUT2D eigenvalue weighted by molar-refractivity contribution is 5.78. The van der Waals surface area contributed by atoms with Crippen LogP contribution in [0.2, 0.25) is 0 Å². The number of ether oxygens (including phenoxy) is 1. The van der Waals surface area contributed by atoms with Crippen LogP contribution in [0.1, 0.15) is 18.1 Å². The average molecular weight is 298 g/mol. The van der Waals surface area contributed by atoms with E-state index in [1.165, 1.54) is 0 Å². The van der Waals surface area contributed by atoms with Crippen LogP contribution >= 0.6 is 0 Å². The van der Waals surface area contributed by atoms with E-state index < -0.39 is 0 Å². The molecule has 0 spiro atoms. The second-order valence-corrected chi connectivity index (χ2v) is 5.38. The maximum absolute atomic E-state index is 11.8. The van der Waals surface area contributed by atoms with Crippen molar-refractivity contribution in [2.75, 3.05) is 6.54 Å². The lowest BCUT2D eigenvalue weighted by atomic mass is 10.1. The van der Waals surface area contributed by atoms with Gasteiger partial charge in [0.2, 0.25) is 5.91 Å². The van der Waals surface area contributed by atoms with Crippen molar-refractivity contribution >= 4 is 5.91 Å². The minimum absolute atomic E-state index is 0.0483. The van der Waals surface area contributed by atoms with E-state index in [-0.39, 0.29) is 11.8 Å². The Bertz CT molecular complexity index is 640. The van der Waals surface area contributed by atoms with Crippen molar-refractivity contribution in [1.29, 1.82) is 0 Å². The fourth-order valence-corrected chi connectivity index (χ4v) is 2.02. The first-order valence-electron chi connectivity index (χ1n) is 7.40. The number of aryl methyl sites for hydroxylation is 1. The summed E-state index contributed by atoms with van der Waals surface area (Å²) < 4.78 is 5.93. The molecule has 1 atom stereocenters. The van der Waals surface area contributed by atoms with Crippen LogP contribution in [0, 0.1) is 12.8 Å².